The summed E-state index contributed by atoms with van der Waals surface area (Å²) < 4.78 is 0. The lowest BCUT2D eigenvalue weighted by molar-refractivity contribution is 0.0923. The number of rotatable bonds is 3. The summed E-state index contributed by atoms with van der Waals surface area (Å²) in [6.45, 7) is 1.85. The molecule has 0 saturated heterocycles. The molecule has 30 heavy (non-hydrogen) atoms. The third-order valence-corrected chi connectivity index (χ3v) is 5.00. The molecule has 0 fully saturated rings. The summed E-state index contributed by atoms with van der Waals surface area (Å²) in [5.41, 5.74) is 3.26. The van der Waals surface area contributed by atoms with E-state index in [0.717, 1.165) is 10.5 Å². The minimum atomic E-state index is -0.350. The number of aryl methyl sites for hydroxylation is 1. The molecule has 6 nitrogen and oxygen atoms in total. The van der Waals surface area contributed by atoms with Crippen molar-refractivity contribution in [3.63, 3.8) is 0 Å². The van der Waals surface area contributed by atoms with Gasteiger partial charge >= 0.3 is 0 Å². The summed E-state index contributed by atoms with van der Waals surface area (Å²) in [6, 6.07) is 20.6. The largest absolute Gasteiger partial charge is 0.332 e. The number of fused-ring (bicyclic) bond motifs is 1. The lowest BCUT2D eigenvalue weighted by Crippen LogP contribution is -2.34. The molecule has 0 radical (unpaired) electrons. The van der Waals surface area contributed by atoms with Crippen LogP contribution < -0.4 is 15.5 Å². The molecule has 4 rings (SSSR count). The van der Waals surface area contributed by atoms with Gasteiger partial charge in [0, 0.05) is 11.3 Å². The first-order chi connectivity index (χ1) is 14.5. The maximum atomic E-state index is 12.6. The first-order valence-electron chi connectivity index (χ1n) is 9.21. The molecule has 3 aromatic carbocycles. The summed E-state index contributed by atoms with van der Waals surface area (Å²) in [4.78, 5) is 38.6. The molecule has 1 aliphatic rings. The predicted octanol–water partition coefficient (Wildman–Crippen LogP) is 3.92. The van der Waals surface area contributed by atoms with E-state index in [1.807, 2.05) is 19.1 Å². The zero-order chi connectivity index (χ0) is 21.3. The molecule has 3 amide bonds. The fraction of sp³-hybridized carbons (Fsp3) is 0.0435. The normalized spacial score (nSPS) is 12.5. The molecule has 0 aromatic heterocycles. The van der Waals surface area contributed by atoms with E-state index in [4.69, 9.17) is 12.2 Å². The van der Waals surface area contributed by atoms with Crippen molar-refractivity contribution in [1.29, 1.82) is 0 Å². The van der Waals surface area contributed by atoms with Crippen LogP contribution in [0, 0.1) is 6.92 Å². The first-order valence-corrected chi connectivity index (χ1v) is 9.62. The topological polar surface area (TPSA) is 78.5 Å². The number of hydrogen-bond donors (Lipinski definition) is 2. The van der Waals surface area contributed by atoms with Gasteiger partial charge < -0.3 is 5.32 Å². The standard InChI is InChI=1S/C23H17N3O3S/c1-14-6-2-3-7-17(14)20(27)25-23(30)24-15-10-12-16(13-11-15)26-21(28)18-8-4-5-9-19(18)22(26)29/h2-13H,1H3,(H2,24,25,27,30). The van der Waals surface area contributed by atoms with Gasteiger partial charge in [0.1, 0.15) is 0 Å². The number of nitrogens with one attached hydrogen (secondary N) is 2. The Balaban J connectivity index is 1.44. The van der Waals surface area contributed by atoms with Crippen LogP contribution in [-0.4, -0.2) is 22.8 Å². The molecule has 0 spiro atoms. The van der Waals surface area contributed by atoms with Crippen LogP contribution >= 0.6 is 12.2 Å². The highest BCUT2D eigenvalue weighted by molar-refractivity contribution is 7.80. The van der Waals surface area contributed by atoms with Crippen LogP contribution in [0.15, 0.2) is 72.8 Å². The molecule has 0 aliphatic carbocycles. The summed E-state index contributed by atoms with van der Waals surface area (Å²) in [5.74, 6) is -0.997. The Morgan fingerprint density at radius 1 is 0.833 bits per heavy atom. The lowest BCUT2D eigenvalue weighted by atomic mass is 10.1. The minimum absolute atomic E-state index is 0.150. The second-order valence-corrected chi connectivity index (χ2v) is 7.17. The van der Waals surface area contributed by atoms with Gasteiger partial charge in [0.2, 0.25) is 0 Å². The Morgan fingerprint density at radius 3 is 2.00 bits per heavy atom. The van der Waals surface area contributed by atoms with Crippen LogP contribution in [0.2, 0.25) is 0 Å². The summed E-state index contributed by atoms with van der Waals surface area (Å²) >= 11 is 5.22. The van der Waals surface area contributed by atoms with E-state index in [-0.39, 0.29) is 22.8 Å². The second-order valence-electron chi connectivity index (χ2n) is 6.76. The highest BCUT2D eigenvalue weighted by Gasteiger charge is 2.36. The molecular formula is C23H17N3O3S. The highest BCUT2D eigenvalue weighted by atomic mass is 32.1. The van der Waals surface area contributed by atoms with Gasteiger partial charge in [-0.2, -0.15) is 0 Å². The van der Waals surface area contributed by atoms with Crippen molar-refractivity contribution in [3.05, 3.63) is 95.1 Å². The van der Waals surface area contributed by atoms with Crippen LogP contribution in [0.4, 0.5) is 11.4 Å². The van der Waals surface area contributed by atoms with Crippen molar-refractivity contribution < 1.29 is 14.4 Å². The monoisotopic (exact) mass is 415 g/mol. The third kappa shape index (κ3) is 3.58. The number of carbonyl (C=O) groups is 3. The SMILES string of the molecule is Cc1ccccc1C(=O)NC(=S)Nc1ccc(N2C(=O)c3ccccc3C2=O)cc1. The van der Waals surface area contributed by atoms with Crippen molar-refractivity contribution in [3.8, 4) is 0 Å². The Labute approximate surface area is 178 Å². The highest BCUT2D eigenvalue weighted by Crippen LogP contribution is 2.29. The Kier molecular flexibility index (Phi) is 5.12. The van der Waals surface area contributed by atoms with Gasteiger partial charge in [0.05, 0.1) is 16.8 Å². The summed E-state index contributed by atoms with van der Waals surface area (Å²) in [7, 11) is 0. The quantitative estimate of drug-likeness (QED) is 0.501. The minimum Gasteiger partial charge on any atom is -0.332 e. The molecule has 0 atom stereocenters. The number of benzene rings is 3. The van der Waals surface area contributed by atoms with Gasteiger partial charge in [-0.25, -0.2) is 4.90 Å². The molecular weight excluding hydrogens is 398 g/mol. The number of hydrogen-bond acceptors (Lipinski definition) is 4. The lowest BCUT2D eigenvalue weighted by Gasteiger charge is -2.15. The van der Waals surface area contributed by atoms with Crippen LogP contribution in [0.5, 0.6) is 0 Å². The van der Waals surface area contributed by atoms with E-state index in [1.54, 1.807) is 60.7 Å². The van der Waals surface area contributed by atoms with Crippen molar-refractivity contribution >= 4 is 46.4 Å². The van der Waals surface area contributed by atoms with Gasteiger partial charge in [0.25, 0.3) is 17.7 Å². The summed E-state index contributed by atoms with van der Waals surface area (Å²) in [6.07, 6.45) is 0. The van der Waals surface area contributed by atoms with Gasteiger partial charge in [-0.15, -0.1) is 0 Å². The van der Waals surface area contributed by atoms with E-state index < -0.39 is 0 Å². The first kappa shape index (κ1) is 19.5. The van der Waals surface area contributed by atoms with Crippen molar-refractivity contribution in [1.82, 2.24) is 5.32 Å². The average Bonchev–Trinajstić information content (AvgIpc) is 2.99. The van der Waals surface area contributed by atoms with E-state index >= 15 is 0 Å². The van der Waals surface area contributed by atoms with E-state index in [0.29, 0.717) is 28.1 Å². The maximum absolute atomic E-state index is 12.6. The predicted molar refractivity (Wildman–Crippen MR) is 119 cm³/mol. The molecule has 7 heteroatoms. The average molecular weight is 415 g/mol. The Hall–Kier alpha value is -3.84. The molecule has 148 valence electrons. The third-order valence-electron chi connectivity index (χ3n) is 4.79. The smallest absolute Gasteiger partial charge is 0.266 e. The van der Waals surface area contributed by atoms with Gasteiger partial charge in [-0.1, -0.05) is 30.3 Å². The summed E-state index contributed by atoms with van der Waals surface area (Å²) in [5, 5.41) is 5.72. The number of carbonyl (C=O) groups excluding carboxylic acids is 3. The van der Waals surface area contributed by atoms with Crippen molar-refractivity contribution in [2.45, 2.75) is 6.92 Å². The van der Waals surface area contributed by atoms with Gasteiger partial charge in [-0.3, -0.25) is 19.7 Å². The van der Waals surface area contributed by atoms with Crippen LogP contribution in [-0.2, 0) is 0 Å². The van der Waals surface area contributed by atoms with E-state index in [9.17, 15) is 14.4 Å². The number of thiocarbonyl (C=S) groups is 1. The second kappa shape index (κ2) is 7.88. The molecule has 0 bridgehead atoms. The Morgan fingerprint density at radius 2 is 1.40 bits per heavy atom. The molecule has 1 heterocycles. The number of amides is 3. The van der Waals surface area contributed by atoms with Gasteiger partial charge in [-0.05, 0) is 67.2 Å². The number of nitrogens with zero attached hydrogens (tertiary/aromatic N) is 1. The van der Waals surface area contributed by atoms with E-state index in [2.05, 4.69) is 10.6 Å². The fourth-order valence-corrected chi connectivity index (χ4v) is 3.49. The zero-order valence-corrected chi connectivity index (χ0v) is 16.8. The van der Waals surface area contributed by atoms with Gasteiger partial charge in [0.15, 0.2) is 5.11 Å². The number of anilines is 2. The van der Waals surface area contributed by atoms with Crippen molar-refractivity contribution in [2.24, 2.45) is 0 Å². The molecule has 3 aromatic rings. The van der Waals surface area contributed by atoms with Crippen LogP contribution in [0.1, 0.15) is 36.6 Å². The molecule has 1 aliphatic heterocycles. The number of imide groups is 1. The zero-order valence-electron chi connectivity index (χ0n) is 16.0. The van der Waals surface area contributed by atoms with Crippen LogP contribution in [0.25, 0.3) is 0 Å². The molecule has 0 unspecified atom stereocenters. The Bertz CT molecular complexity index is 1150. The molecule has 0 saturated carbocycles. The van der Waals surface area contributed by atoms with E-state index in [1.165, 1.54) is 0 Å². The van der Waals surface area contributed by atoms with Crippen LogP contribution in [0.3, 0.4) is 0 Å². The van der Waals surface area contributed by atoms with Crippen molar-refractivity contribution in [2.75, 3.05) is 10.2 Å². The molecule has 2 N–H and O–H groups in total. The maximum Gasteiger partial charge on any atom is 0.266 e. The fourth-order valence-electron chi connectivity index (χ4n) is 3.28.